The van der Waals surface area contributed by atoms with Gasteiger partial charge in [0.05, 0.1) is 41.1 Å². The lowest BCUT2D eigenvalue weighted by Gasteiger charge is -2.46. The second kappa shape index (κ2) is 24.3. The number of aliphatic hydroxyl groups is 5. The quantitative estimate of drug-likeness (QED) is 0.0986. The van der Waals surface area contributed by atoms with Crippen LogP contribution >= 0.6 is 23.2 Å². The van der Waals surface area contributed by atoms with E-state index in [2.05, 4.69) is 0 Å². The van der Waals surface area contributed by atoms with Crippen molar-refractivity contribution in [3.63, 3.8) is 0 Å². The number of carbonyl (C=O) groups is 2. The summed E-state index contributed by atoms with van der Waals surface area (Å²) >= 11 is 12.3. The van der Waals surface area contributed by atoms with Crippen LogP contribution in [-0.4, -0.2) is 141 Å². The summed E-state index contributed by atoms with van der Waals surface area (Å²) in [7, 11) is 1.29. The zero-order valence-corrected chi connectivity index (χ0v) is 40.8. The Morgan fingerprint density at radius 1 is 0.894 bits per heavy atom. The first-order valence-electron chi connectivity index (χ1n) is 22.3. The molecule has 0 aromatic heterocycles. The number of carbonyl (C=O) groups excluding carboxylic acids is 2. The maximum Gasteiger partial charge on any atom is 0.342 e. The van der Waals surface area contributed by atoms with Gasteiger partial charge in [-0.1, -0.05) is 79.9 Å². The normalized spacial score (nSPS) is 32.8. The van der Waals surface area contributed by atoms with Crippen LogP contribution < -0.4 is 0 Å². The summed E-state index contributed by atoms with van der Waals surface area (Å²) in [5.41, 5.74) is 0.782. The summed E-state index contributed by atoms with van der Waals surface area (Å²) in [5, 5.41) is 75.0. The third-order valence-electron chi connectivity index (χ3n) is 12.3. The standard InChI is InChI=1S/C48H68Cl2O16/c1-11-27-21-24(5)31(51)17-15-14-16-28(44(58)63-29(12-2)19-18-23(4)20-25(6)40(27)65-46-38(55)37(54)43(57)48(8,9)66-46)22-61-47-42(60-10)39(56)41(26(7)62-47)64-45(59)32-30(13-3)33(49)36(53)34(50)35(32)52/h14-16,18,20-21,26-27,29,31,37-43,46-47,51-57H,11-13,17,19,22H2,1-10H3. The van der Waals surface area contributed by atoms with E-state index in [0.29, 0.717) is 24.8 Å². The molecule has 18 heteroatoms. The van der Waals surface area contributed by atoms with E-state index in [1.54, 1.807) is 39.8 Å². The first-order chi connectivity index (χ1) is 31.0. The molecule has 13 atom stereocenters. The molecule has 2 saturated heterocycles. The highest BCUT2D eigenvalue weighted by atomic mass is 35.5. The molecule has 3 aliphatic heterocycles. The fourth-order valence-corrected chi connectivity index (χ4v) is 8.68. The molecule has 370 valence electrons. The van der Waals surface area contributed by atoms with Crippen molar-refractivity contribution >= 4 is 35.1 Å². The van der Waals surface area contributed by atoms with Gasteiger partial charge in [-0.2, -0.15) is 0 Å². The van der Waals surface area contributed by atoms with Crippen LogP contribution in [0.3, 0.4) is 0 Å². The fourth-order valence-electron chi connectivity index (χ4n) is 8.12. The number of esters is 2. The van der Waals surface area contributed by atoms with E-state index in [1.165, 1.54) is 20.1 Å². The summed E-state index contributed by atoms with van der Waals surface area (Å²) in [4.78, 5) is 27.3. The molecule has 0 bridgehead atoms. The highest BCUT2D eigenvalue weighted by Gasteiger charge is 2.50. The Bertz CT molecular complexity index is 2010. The Kier molecular flexibility index (Phi) is 20.3. The number of cyclic esters (lactones) is 1. The molecular weight excluding hydrogens is 903 g/mol. The Balaban J connectivity index is 1.58. The summed E-state index contributed by atoms with van der Waals surface area (Å²) in [5.74, 6) is -3.43. The minimum absolute atomic E-state index is 0.0791. The molecule has 4 rings (SSSR count). The lowest BCUT2D eigenvalue weighted by atomic mass is 9.88. The lowest BCUT2D eigenvalue weighted by molar-refractivity contribution is -0.331. The van der Waals surface area contributed by atoms with Crippen molar-refractivity contribution in [2.45, 2.75) is 174 Å². The van der Waals surface area contributed by atoms with Crippen LogP contribution in [0.15, 0.2) is 58.7 Å². The van der Waals surface area contributed by atoms with Crippen molar-refractivity contribution < 1.29 is 78.5 Å². The molecule has 2 fully saturated rings. The van der Waals surface area contributed by atoms with E-state index >= 15 is 0 Å². The molecule has 0 radical (unpaired) electrons. The van der Waals surface area contributed by atoms with Gasteiger partial charge in [0.15, 0.2) is 30.2 Å². The number of halogens is 2. The van der Waals surface area contributed by atoms with Gasteiger partial charge in [-0.3, -0.25) is 0 Å². The number of allylic oxidation sites excluding steroid dienone is 4. The van der Waals surface area contributed by atoms with Crippen LogP contribution in [0.4, 0.5) is 0 Å². The molecule has 16 nitrogen and oxygen atoms in total. The number of phenols is 2. The maximum atomic E-state index is 13.8. The summed E-state index contributed by atoms with van der Waals surface area (Å²) in [6, 6.07) is 0. The highest BCUT2D eigenvalue weighted by Crippen LogP contribution is 2.45. The fraction of sp³-hybridized carbons (Fsp3) is 0.625. The minimum Gasteiger partial charge on any atom is -0.505 e. The van der Waals surface area contributed by atoms with Crippen molar-refractivity contribution in [1.29, 1.82) is 0 Å². The average Bonchev–Trinajstić information content (AvgIpc) is 3.27. The van der Waals surface area contributed by atoms with Crippen LogP contribution in [0.5, 0.6) is 11.5 Å². The summed E-state index contributed by atoms with van der Waals surface area (Å²) < 4.78 is 41.7. The second-order valence-corrected chi connectivity index (χ2v) is 18.3. The number of benzene rings is 1. The zero-order chi connectivity index (χ0) is 49.4. The monoisotopic (exact) mass is 970 g/mol. The average molecular weight is 972 g/mol. The van der Waals surface area contributed by atoms with E-state index in [9.17, 15) is 45.3 Å². The predicted molar refractivity (Wildman–Crippen MR) is 245 cm³/mol. The third-order valence-corrected chi connectivity index (χ3v) is 13.0. The van der Waals surface area contributed by atoms with Gasteiger partial charge in [-0.05, 0) is 90.0 Å². The van der Waals surface area contributed by atoms with Crippen molar-refractivity contribution in [3.8, 4) is 11.5 Å². The van der Waals surface area contributed by atoms with Gasteiger partial charge in [-0.25, -0.2) is 9.59 Å². The third kappa shape index (κ3) is 13.0. The van der Waals surface area contributed by atoms with Crippen molar-refractivity contribution in [2.24, 2.45) is 5.92 Å². The Labute approximate surface area is 397 Å². The molecule has 13 unspecified atom stereocenters. The van der Waals surface area contributed by atoms with Crippen LogP contribution in [-0.2, 0) is 44.4 Å². The molecule has 3 heterocycles. The van der Waals surface area contributed by atoms with Gasteiger partial charge in [0, 0.05) is 19.4 Å². The first kappa shape index (κ1) is 55.2. The van der Waals surface area contributed by atoms with E-state index in [-0.39, 0.29) is 47.1 Å². The zero-order valence-electron chi connectivity index (χ0n) is 39.3. The largest absolute Gasteiger partial charge is 0.505 e. The summed E-state index contributed by atoms with van der Waals surface area (Å²) in [6.07, 6.45) is -2.06. The van der Waals surface area contributed by atoms with Gasteiger partial charge in [0.1, 0.15) is 47.2 Å². The van der Waals surface area contributed by atoms with E-state index < -0.39 is 108 Å². The molecule has 0 spiro atoms. The first-order valence-corrected chi connectivity index (χ1v) is 23.0. The predicted octanol–water partition coefficient (Wildman–Crippen LogP) is 6.06. The van der Waals surface area contributed by atoms with Gasteiger partial charge >= 0.3 is 11.9 Å². The Hall–Kier alpha value is -3.36. The topological polar surface area (TPSA) is 240 Å². The molecule has 0 aliphatic carbocycles. The van der Waals surface area contributed by atoms with Crippen LogP contribution in [0, 0.1) is 5.92 Å². The second-order valence-electron chi connectivity index (χ2n) is 17.5. The smallest absolute Gasteiger partial charge is 0.342 e. The highest BCUT2D eigenvalue weighted by molar-refractivity contribution is 6.39. The van der Waals surface area contributed by atoms with Crippen molar-refractivity contribution in [2.75, 3.05) is 13.7 Å². The van der Waals surface area contributed by atoms with Gasteiger partial charge in [-0.15, -0.1) is 0 Å². The number of methoxy groups -OCH3 is 1. The number of rotatable bonds is 11. The van der Waals surface area contributed by atoms with E-state index in [4.69, 9.17) is 56.4 Å². The van der Waals surface area contributed by atoms with Crippen LogP contribution in [0.2, 0.25) is 10.0 Å². The number of hydrogen-bond donors (Lipinski definition) is 7. The molecule has 66 heavy (non-hydrogen) atoms. The molecule has 7 N–H and O–H groups in total. The van der Waals surface area contributed by atoms with Crippen molar-refractivity contribution in [1.82, 2.24) is 0 Å². The molecule has 0 amide bonds. The number of phenolic OH excluding ortho intramolecular Hbond substituents is 2. The van der Waals surface area contributed by atoms with Gasteiger partial charge in [0.2, 0.25) is 0 Å². The summed E-state index contributed by atoms with van der Waals surface area (Å²) in [6.45, 7) is 15.4. The number of ether oxygens (including phenoxy) is 7. The maximum absolute atomic E-state index is 13.8. The SMILES string of the molecule is CCc1c(Cl)c(O)c(Cl)c(O)c1C(=O)OC1C(C)OC(OCC2=CC=CCC(O)C(C)=CC(CC)C(OC3OC(C)(C)C(O)C(O)C3O)C(C)=CC(C)=CCC(CC)OC2=O)C(OC)C1O. The van der Waals surface area contributed by atoms with E-state index in [0.717, 1.165) is 11.1 Å². The minimum atomic E-state index is -1.53. The Morgan fingerprint density at radius 3 is 2.20 bits per heavy atom. The van der Waals surface area contributed by atoms with Gasteiger partial charge in [0.25, 0.3) is 0 Å². The van der Waals surface area contributed by atoms with Crippen LogP contribution in [0.1, 0.15) is 104 Å². The van der Waals surface area contributed by atoms with Crippen molar-refractivity contribution in [3.05, 3.63) is 79.9 Å². The van der Waals surface area contributed by atoms with Crippen LogP contribution in [0.25, 0.3) is 0 Å². The number of aliphatic hydroxyl groups excluding tert-OH is 5. The molecule has 1 aromatic carbocycles. The lowest BCUT2D eigenvalue weighted by Crippen LogP contribution is -2.63. The molecule has 0 saturated carbocycles. The number of hydrogen-bond acceptors (Lipinski definition) is 16. The van der Waals surface area contributed by atoms with E-state index in [1.807, 2.05) is 45.9 Å². The molecule has 1 aromatic rings. The Morgan fingerprint density at radius 2 is 1.58 bits per heavy atom. The molecular formula is C48H68Cl2O16. The molecule has 3 aliphatic rings. The number of aromatic hydroxyl groups is 2. The van der Waals surface area contributed by atoms with Gasteiger partial charge < -0.3 is 68.9 Å².